The zero-order valence-electron chi connectivity index (χ0n) is 14.2. The van der Waals surface area contributed by atoms with Crippen molar-refractivity contribution >= 4 is 32.6 Å². The van der Waals surface area contributed by atoms with Crippen molar-refractivity contribution in [3.8, 4) is 5.69 Å². The molecule has 0 N–H and O–H groups in total. The minimum Gasteiger partial charge on any atom is -0.287 e. The molecule has 1 amide bonds. The van der Waals surface area contributed by atoms with Crippen LogP contribution in [0.3, 0.4) is 0 Å². The Balaban J connectivity index is 1.69. The second-order valence-corrected chi connectivity index (χ2v) is 6.84. The van der Waals surface area contributed by atoms with Gasteiger partial charge in [0, 0.05) is 7.05 Å². The van der Waals surface area contributed by atoms with Crippen LogP contribution in [-0.2, 0) is 0 Å². The van der Waals surface area contributed by atoms with Gasteiger partial charge in [0.25, 0.3) is 5.91 Å². The van der Waals surface area contributed by atoms with Gasteiger partial charge in [0.1, 0.15) is 11.5 Å². The molecule has 2 aromatic heterocycles. The van der Waals surface area contributed by atoms with Crippen molar-refractivity contribution in [2.45, 2.75) is 6.92 Å². The Morgan fingerprint density at radius 3 is 2.65 bits per heavy atom. The number of carbonyl (C=O) groups excluding carboxylic acids is 1. The highest BCUT2D eigenvalue weighted by Gasteiger charge is 2.22. The van der Waals surface area contributed by atoms with Crippen molar-refractivity contribution in [2.24, 2.45) is 0 Å². The number of benzene rings is 2. The van der Waals surface area contributed by atoms with Crippen molar-refractivity contribution < 1.29 is 9.18 Å². The molecule has 2 aromatic carbocycles. The molecule has 2 heterocycles. The highest BCUT2D eigenvalue weighted by Crippen LogP contribution is 2.29. The quantitative estimate of drug-likeness (QED) is 0.546. The minimum atomic E-state index is -0.391. The van der Waals surface area contributed by atoms with E-state index in [0.717, 1.165) is 10.2 Å². The fourth-order valence-electron chi connectivity index (χ4n) is 2.76. The smallest absolute Gasteiger partial charge is 0.263 e. The van der Waals surface area contributed by atoms with E-state index in [9.17, 15) is 9.18 Å². The van der Waals surface area contributed by atoms with Gasteiger partial charge >= 0.3 is 0 Å². The lowest BCUT2D eigenvalue weighted by molar-refractivity contribution is 0.0992. The molecule has 0 atom stereocenters. The van der Waals surface area contributed by atoms with Gasteiger partial charge in [-0.1, -0.05) is 35.6 Å². The van der Waals surface area contributed by atoms with Crippen LogP contribution in [0.5, 0.6) is 0 Å². The maximum atomic E-state index is 14.0. The zero-order chi connectivity index (χ0) is 18.3. The number of aromatic nitrogens is 3. The molecular weight excluding hydrogens is 351 g/mol. The Hall–Kier alpha value is -3.06. The van der Waals surface area contributed by atoms with E-state index in [1.54, 1.807) is 32.2 Å². The summed E-state index contributed by atoms with van der Waals surface area (Å²) in [7, 11) is 1.68. The predicted molar refractivity (Wildman–Crippen MR) is 101 cm³/mol. The fraction of sp³-hybridized carbons (Fsp3) is 0.105. The van der Waals surface area contributed by atoms with E-state index in [1.807, 2.05) is 24.3 Å². The number of thiazole rings is 1. The molecular formula is C19H15FN4OS. The van der Waals surface area contributed by atoms with E-state index in [2.05, 4.69) is 10.1 Å². The van der Waals surface area contributed by atoms with Gasteiger partial charge in [-0.2, -0.15) is 5.10 Å². The van der Waals surface area contributed by atoms with Crippen LogP contribution in [0.15, 0.2) is 54.7 Å². The molecule has 130 valence electrons. The van der Waals surface area contributed by atoms with Crippen LogP contribution in [0.2, 0.25) is 0 Å². The van der Waals surface area contributed by atoms with Crippen LogP contribution in [0.1, 0.15) is 16.1 Å². The first-order valence-electron chi connectivity index (χ1n) is 7.99. The summed E-state index contributed by atoms with van der Waals surface area (Å²) in [4.78, 5) is 18.9. The van der Waals surface area contributed by atoms with E-state index >= 15 is 0 Å². The largest absolute Gasteiger partial charge is 0.287 e. The first kappa shape index (κ1) is 16.4. The SMILES string of the molecule is Cc1c(C(=O)N(C)c2nc3ccccc3s2)cnn1-c1ccccc1F. The van der Waals surface area contributed by atoms with E-state index in [0.29, 0.717) is 22.1 Å². The number of rotatable bonds is 3. The Kier molecular flexibility index (Phi) is 4.00. The molecule has 0 unspecified atom stereocenters. The summed E-state index contributed by atoms with van der Waals surface area (Å²) in [6, 6.07) is 14.1. The van der Waals surface area contributed by atoms with Crippen molar-refractivity contribution in [3.63, 3.8) is 0 Å². The fourth-order valence-corrected chi connectivity index (χ4v) is 3.68. The Labute approximate surface area is 153 Å². The molecule has 0 aliphatic heterocycles. The third-order valence-electron chi connectivity index (χ3n) is 4.20. The number of carbonyl (C=O) groups is 1. The number of halogens is 1. The summed E-state index contributed by atoms with van der Waals surface area (Å²) in [5.41, 5.74) is 2.15. The minimum absolute atomic E-state index is 0.232. The monoisotopic (exact) mass is 366 g/mol. The van der Waals surface area contributed by atoms with Crippen LogP contribution < -0.4 is 4.90 Å². The Bertz CT molecular complexity index is 1080. The third-order valence-corrected chi connectivity index (χ3v) is 5.31. The normalized spacial score (nSPS) is 11.0. The molecule has 26 heavy (non-hydrogen) atoms. The second kappa shape index (κ2) is 6.34. The number of hydrogen-bond donors (Lipinski definition) is 0. The van der Waals surface area contributed by atoms with E-state index < -0.39 is 5.82 Å². The van der Waals surface area contributed by atoms with Crippen LogP contribution in [0, 0.1) is 12.7 Å². The lowest BCUT2D eigenvalue weighted by atomic mass is 10.2. The van der Waals surface area contributed by atoms with Gasteiger partial charge in [-0.25, -0.2) is 14.1 Å². The molecule has 0 aliphatic rings. The molecule has 0 spiro atoms. The molecule has 5 nitrogen and oxygen atoms in total. The summed E-state index contributed by atoms with van der Waals surface area (Å²) >= 11 is 1.45. The Morgan fingerprint density at radius 2 is 1.88 bits per heavy atom. The van der Waals surface area contributed by atoms with Gasteiger partial charge in [-0.3, -0.25) is 9.69 Å². The average molecular weight is 366 g/mol. The molecule has 0 saturated carbocycles. The lowest BCUT2D eigenvalue weighted by Gasteiger charge is -2.13. The van der Waals surface area contributed by atoms with Gasteiger partial charge in [0.15, 0.2) is 5.13 Å². The van der Waals surface area contributed by atoms with Crippen molar-refractivity contribution in [1.82, 2.24) is 14.8 Å². The molecule has 7 heteroatoms. The highest BCUT2D eigenvalue weighted by molar-refractivity contribution is 7.22. The predicted octanol–water partition coefficient (Wildman–Crippen LogP) is 4.21. The first-order chi connectivity index (χ1) is 12.6. The van der Waals surface area contributed by atoms with Crippen LogP contribution in [0.25, 0.3) is 15.9 Å². The summed E-state index contributed by atoms with van der Waals surface area (Å²) in [6.07, 6.45) is 1.47. The number of nitrogens with zero attached hydrogens (tertiary/aromatic N) is 4. The standard InChI is InChI=1S/C19H15FN4OS/c1-12-13(11-21-24(12)16-9-5-3-7-14(16)20)18(25)23(2)19-22-15-8-4-6-10-17(15)26-19/h3-11H,1-2H3. The molecule has 0 fully saturated rings. The zero-order valence-corrected chi connectivity index (χ0v) is 15.0. The maximum absolute atomic E-state index is 14.0. The van der Waals surface area contributed by atoms with E-state index in [-0.39, 0.29) is 5.91 Å². The van der Waals surface area contributed by atoms with E-state index in [4.69, 9.17) is 0 Å². The van der Waals surface area contributed by atoms with Gasteiger partial charge < -0.3 is 0 Å². The van der Waals surface area contributed by atoms with Gasteiger partial charge in [0.05, 0.1) is 27.7 Å². The maximum Gasteiger partial charge on any atom is 0.263 e. The van der Waals surface area contributed by atoms with Gasteiger partial charge in [-0.15, -0.1) is 0 Å². The second-order valence-electron chi connectivity index (χ2n) is 5.84. The van der Waals surface area contributed by atoms with Crippen molar-refractivity contribution in [3.05, 3.63) is 71.8 Å². The third kappa shape index (κ3) is 2.66. The summed E-state index contributed by atoms with van der Waals surface area (Å²) in [5, 5.41) is 4.80. The number of para-hydroxylation sites is 2. The lowest BCUT2D eigenvalue weighted by Crippen LogP contribution is -2.26. The number of fused-ring (bicyclic) bond motifs is 1. The topological polar surface area (TPSA) is 51.0 Å². The van der Waals surface area contributed by atoms with Crippen molar-refractivity contribution in [2.75, 3.05) is 11.9 Å². The number of hydrogen-bond acceptors (Lipinski definition) is 4. The number of amides is 1. The molecule has 0 radical (unpaired) electrons. The summed E-state index contributed by atoms with van der Waals surface area (Å²) < 4.78 is 16.5. The molecule has 0 aliphatic carbocycles. The molecule has 4 rings (SSSR count). The van der Waals surface area contributed by atoms with Crippen LogP contribution in [-0.4, -0.2) is 27.7 Å². The molecule has 0 bridgehead atoms. The molecule has 4 aromatic rings. The van der Waals surface area contributed by atoms with Crippen molar-refractivity contribution in [1.29, 1.82) is 0 Å². The van der Waals surface area contributed by atoms with Crippen LogP contribution in [0.4, 0.5) is 9.52 Å². The number of anilines is 1. The van der Waals surface area contributed by atoms with Crippen LogP contribution >= 0.6 is 11.3 Å². The average Bonchev–Trinajstić information content (AvgIpc) is 3.24. The summed E-state index contributed by atoms with van der Waals surface area (Å²) in [6.45, 7) is 1.75. The van der Waals surface area contributed by atoms with Gasteiger partial charge in [-0.05, 0) is 31.2 Å². The summed E-state index contributed by atoms with van der Waals surface area (Å²) in [5.74, 6) is -0.624. The van der Waals surface area contributed by atoms with Gasteiger partial charge in [0.2, 0.25) is 0 Å². The first-order valence-corrected chi connectivity index (χ1v) is 8.81. The molecule has 0 saturated heterocycles. The highest BCUT2D eigenvalue weighted by atomic mass is 32.1. The van der Waals surface area contributed by atoms with E-state index in [1.165, 1.54) is 33.2 Å². The Morgan fingerprint density at radius 1 is 1.15 bits per heavy atom.